The molecule has 1 saturated heterocycles. The highest BCUT2D eigenvalue weighted by Crippen LogP contribution is 2.18. The van der Waals surface area contributed by atoms with Crippen LogP contribution in [0, 0.1) is 5.92 Å². The minimum atomic E-state index is -0.0925. The van der Waals surface area contributed by atoms with Crippen molar-refractivity contribution in [2.45, 2.75) is 46.6 Å². The summed E-state index contributed by atoms with van der Waals surface area (Å²) in [5, 5.41) is 6.55. The predicted octanol–water partition coefficient (Wildman–Crippen LogP) is 2.45. The number of aliphatic imine (C=N–C) groups is 1. The Hall–Kier alpha value is -1.63. The van der Waals surface area contributed by atoms with Gasteiger partial charge in [0.1, 0.15) is 0 Å². The summed E-state index contributed by atoms with van der Waals surface area (Å²) in [5.41, 5.74) is 1.01. The van der Waals surface area contributed by atoms with Crippen LogP contribution in [0.15, 0.2) is 10.4 Å². The zero-order chi connectivity index (χ0) is 17.4. The fourth-order valence-electron chi connectivity index (χ4n) is 2.79. The topological polar surface area (TPSA) is 66.8 Å². The number of carbonyl (C=O) groups excluding carboxylic acids is 1. The first-order chi connectivity index (χ1) is 11.7. The molecule has 7 heteroatoms. The Morgan fingerprint density at radius 2 is 2.33 bits per heavy atom. The number of thiazole rings is 1. The second-order valence-corrected chi connectivity index (χ2v) is 6.74. The van der Waals surface area contributed by atoms with Crippen LogP contribution in [0.25, 0.3) is 0 Å². The zero-order valence-electron chi connectivity index (χ0n) is 14.9. The molecule has 0 aromatic carbocycles. The smallest absolute Gasteiger partial charge is 0.310 e. The number of piperidine rings is 1. The SMILES string of the molecule is CCNC(=NCc1csc(CC)n1)N1CCCC(C(=O)OCC)C1. The van der Waals surface area contributed by atoms with Crippen molar-refractivity contribution in [1.29, 1.82) is 0 Å². The fraction of sp³-hybridized carbons (Fsp3) is 0.706. The van der Waals surface area contributed by atoms with Crippen LogP contribution in [0.5, 0.6) is 0 Å². The van der Waals surface area contributed by atoms with E-state index in [-0.39, 0.29) is 11.9 Å². The number of guanidine groups is 1. The average Bonchev–Trinajstić information content (AvgIpc) is 3.07. The van der Waals surface area contributed by atoms with Crippen molar-refractivity contribution in [2.75, 3.05) is 26.2 Å². The molecule has 6 nitrogen and oxygen atoms in total. The van der Waals surface area contributed by atoms with Gasteiger partial charge < -0.3 is 15.0 Å². The van der Waals surface area contributed by atoms with Crippen molar-refractivity contribution in [1.82, 2.24) is 15.2 Å². The first-order valence-electron chi connectivity index (χ1n) is 8.81. The van der Waals surface area contributed by atoms with E-state index in [1.54, 1.807) is 11.3 Å². The van der Waals surface area contributed by atoms with E-state index in [4.69, 9.17) is 9.73 Å². The number of hydrogen-bond acceptors (Lipinski definition) is 5. The summed E-state index contributed by atoms with van der Waals surface area (Å²) in [4.78, 5) is 23.5. The fourth-order valence-corrected chi connectivity index (χ4v) is 3.52. The molecule has 24 heavy (non-hydrogen) atoms. The molecule has 1 N–H and O–H groups in total. The Kier molecular flexibility index (Phi) is 7.49. The summed E-state index contributed by atoms with van der Waals surface area (Å²) in [6, 6.07) is 0. The van der Waals surface area contributed by atoms with Gasteiger partial charge in [-0.3, -0.25) is 4.79 Å². The highest BCUT2D eigenvalue weighted by atomic mass is 32.1. The Bertz CT molecular complexity index is 559. The predicted molar refractivity (Wildman–Crippen MR) is 97.2 cm³/mol. The first kappa shape index (κ1) is 18.7. The van der Waals surface area contributed by atoms with Crippen molar-refractivity contribution in [3.63, 3.8) is 0 Å². The molecule has 2 heterocycles. The van der Waals surface area contributed by atoms with Gasteiger partial charge in [-0.2, -0.15) is 0 Å². The van der Waals surface area contributed by atoms with Gasteiger partial charge in [-0.1, -0.05) is 6.92 Å². The van der Waals surface area contributed by atoms with Crippen LogP contribution in [-0.4, -0.2) is 48.1 Å². The molecule has 1 aromatic rings. The maximum Gasteiger partial charge on any atom is 0.310 e. The summed E-state index contributed by atoms with van der Waals surface area (Å²) in [5.74, 6) is 0.705. The van der Waals surface area contributed by atoms with E-state index in [2.05, 4.69) is 34.4 Å². The standard InChI is InChI=1S/C17H28N4O2S/c1-4-15-20-14(12-24-15)10-19-17(18-5-2)21-9-7-8-13(11-21)16(22)23-6-3/h12-13H,4-11H2,1-3H3,(H,18,19). The van der Waals surface area contributed by atoms with Crippen LogP contribution >= 0.6 is 11.3 Å². The van der Waals surface area contributed by atoms with E-state index in [0.29, 0.717) is 19.7 Å². The second kappa shape index (κ2) is 9.61. The molecule has 1 aromatic heterocycles. The van der Waals surface area contributed by atoms with Crippen molar-refractivity contribution >= 4 is 23.3 Å². The van der Waals surface area contributed by atoms with E-state index in [1.807, 2.05) is 6.92 Å². The monoisotopic (exact) mass is 352 g/mol. The number of rotatable bonds is 6. The summed E-state index contributed by atoms with van der Waals surface area (Å²) < 4.78 is 5.18. The molecule has 1 aliphatic heterocycles. The van der Waals surface area contributed by atoms with Gasteiger partial charge in [0, 0.05) is 25.0 Å². The van der Waals surface area contributed by atoms with E-state index < -0.39 is 0 Å². The third-order valence-corrected chi connectivity index (χ3v) is 5.01. The quantitative estimate of drug-likeness (QED) is 0.484. The molecule has 0 radical (unpaired) electrons. The molecular formula is C17H28N4O2S. The van der Waals surface area contributed by atoms with Crippen molar-refractivity contribution in [3.8, 4) is 0 Å². The van der Waals surface area contributed by atoms with E-state index in [1.165, 1.54) is 0 Å². The number of likely N-dealkylation sites (tertiary alicyclic amines) is 1. The molecular weight excluding hydrogens is 324 g/mol. The molecule has 1 unspecified atom stereocenters. The number of nitrogens with zero attached hydrogens (tertiary/aromatic N) is 3. The van der Waals surface area contributed by atoms with Crippen LogP contribution < -0.4 is 5.32 Å². The Morgan fingerprint density at radius 3 is 3.00 bits per heavy atom. The van der Waals surface area contributed by atoms with Crippen LogP contribution in [0.4, 0.5) is 0 Å². The molecule has 1 fully saturated rings. The summed E-state index contributed by atoms with van der Waals surface area (Å²) >= 11 is 1.68. The second-order valence-electron chi connectivity index (χ2n) is 5.79. The number of carbonyl (C=O) groups is 1. The minimum absolute atomic E-state index is 0.0616. The van der Waals surface area contributed by atoms with Gasteiger partial charge in [-0.05, 0) is 33.1 Å². The van der Waals surface area contributed by atoms with Crippen LogP contribution in [0.2, 0.25) is 0 Å². The summed E-state index contributed by atoms with van der Waals surface area (Å²) in [6.45, 7) is 9.41. The maximum absolute atomic E-state index is 12.0. The van der Waals surface area contributed by atoms with Crippen LogP contribution in [0.3, 0.4) is 0 Å². The molecule has 0 aliphatic carbocycles. The number of esters is 1. The largest absolute Gasteiger partial charge is 0.466 e. The minimum Gasteiger partial charge on any atom is -0.466 e. The lowest BCUT2D eigenvalue weighted by Gasteiger charge is -2.34. The van der Waals surface area contributed by atoms with E-state index in [0.717, 1.165) is 49.0 Å². The average molecular weight is 353 g/mol. The molecule has 0 bridgehead atoms. The third kappa shape index (κ3) is 5.19. The normalized spacial score (nSPS) is 18.5. The zero-order valence-corrected chi connectivity index (χ0v) is 15.7. The lowest BCUT2D eigenvalue weighted by atomic mass is 9.98. The van der Waals surface area contributed by atoms with Gasteiger partial charge in [-0.15, -0.1) is 11.3 Å². The Labute approximate surface area is 148 Å². The number of aryl methyl sites for hydroxylation is 1. The molecule has 0 saturated carbocycles. The first-order valence-corrected chi connectivity index (χ1v) is 9.69. The Morgan fingerprint density at radius 1 is 1.50 bits per heavy atom. The van der Waals surface area contributed by atoms with Gasteiger partial charge in [0.05, 0.1) is 29.8 Å². The molecule has 0 spiro atoms. The van der Waals surface area contributed by atoms with Gasteiger partial charge in [0.2, 0.25) is 0 Å². The third-order valence-electron chi connectivity index (χ3n) is 3.97. The number of hydrogen-bond donors (Lipinski definition) is 1. The van der Waals surface area contributed by atoms with E-state index >= 15 is 0 Å². The van der Waals surface area contributed by atoms with Crippen LogP contribution in [0.1, 0.15) is 44.3 Å². The van der Waals surface area contributed by atoms with Crippen molar-refractivity contribution < 1.29 is 9.53 Å². The summed E-state index contributed by atoms with van der Waals surface area (Å²) in [6.07, 6.45) is 2.83. The highest BCUT2D eigenvalue weighted by molar-refractivity contribution is 7.09. The number of nitrogens with one attached hydrogen (secondary N) is 1. The van der Waals surface area contributed by atoms with Gasteiger partial charge >= 0.3 is 5.97 Å². The van der Waals surface area contributed by atoms with Gasteiger partial charge in [0.15, 0.2) is 5.96 Å². The molecule has 134 valence electrons. The molecule has 1 aliphatic rings. The molecule has 0 amide bonds. The van der Waals surface area contributed by atoms with Crippen molar-refractivity contribution in [2.24, 2.45) is 10.9 Å². The number of ether oxygens (including phenoxy) is 1. The van der Waals surface area contributed by atoms with Crippen molar-refractivity contribution in [3.05, 3.63) is 16.1 Å². The number of aromatic nitrogens is 1. The Balaban J connectivity index is 2.02. The molecule has 2 rings (SSSR count). The molecule has 1 atom stereocenters. The van der Waals surface area contributed by atoms with E-state index in [9.17, 15) is 4.79 Å². The van der Waals surface area contributed by atoms with Gasteiger partial charge in [0.25, 0.3) is 0 Å². The lowest BCUT2D eigenvalue weighted by molar-refractivity contribution is -0.149. The van der Waals surface area contributed by atoms with Crippen LogP contribution in [-0.2, 0) is 22.5 Å². The maximum atomic E-state index is 12.0. The highest BCUT2D eigenvalue weighted by Gasteiger charge is 2.28. The summed E-state index contributed by atoms with van der Waals surface area (Å²) in [7, 11) is 0. The lowest BCUT2D eigenvalue weighted by Crippen LogP contribution is -2.48. The van der Waals surface area contributed by atoms with Gasteiger partial charge in [-0.25, -0.2) is 9.98 Å².